The van der Waals surface area contributed by atoms with Crippen molar-refractivity contribution < 1.29 is 4.79 Å². The van der Waals surface area contributed by atoms with E-state index in [9.17, 15) is 4.79 Å². The number of hydrogen-bond acceptors (Lipinski definition) is 2. The van der Waals surface area contributed by atoms with Crippen LogP contribution in [0, 0.1) is 11.8 Å². The summed E-state index contributed by atoms with van der Waals surface area (Å²) in [6, 6.07) is 0. The maximum Gasteiger partial charge on any atom is 0.224 e. The third-order valence-corrected chi connectivity index (χ3v) is 3.72. The van der Waals surface area contributed by atoms with Gasteiger partial charge in [-0.15, -0.1) is 0 Å². The minimum atomic E-state index is 0.230. The number of nitrogens with one attached hydrogen (secondary N) is 2. The SMILES string of the molecule is O=C(NCC1CCCCC1)[C@@H]1CCNC1. The van der Waals surface area contributed by atoms with Crippen LogP contribution in [0.4, 0.5) is 0 Å². The van der Waals surface area contributed by atoms with E-state index in [1.165, 1.54) is 32.1 Å². The molecule has 1 amide bonds. The fourth-order valence-corrected chi connectivity index (χ4v) is 2.66. The Morgan fingerprint density at radius 3 is 2.67 bits per heavy atom. The van der Waals surface area contributed by atoms with Crippen molar-refractivity contribution in [2.45, 2.75) is 38.5 Å². The van der Waals surface area contributed by atoms with Gasteiger partial charge in [-0.05, 0) is 31.7 Å². The maximum atomic E-state index is 11.7. The standard InChI is InChI=1S/C12H22N2O/c15-12(11-6-7-13-9-11)14-8-10-4-2-1-3-5-10/h10-11,13H,1-9H2,(H,14,15)/t11-/m1/s1. The fraction of sp³-hybridized carbons (Fsp3) is 0.917. The van der Waals surface area contributed by atoms with Crippen molar-refractivity contribution in [2.24, 2.45) is 11.8 Å². The Bertz CT molecular complexity index is 206. The molecule has 1 heterocycles. The molecule has 1 saturated heterocycles. The van der Waals surface area contributed by atoms with E-state index in [1.807, 2.05) is 0 Å². The van der Waals surface area contributed by atoms with Crippen LogP contribution >= 0.6 is 0 Å². The van der Waals surface area contributed by atoms with Crippen molar-refractivity contribution >= 4 is 5.91 Å². The molecule has 0 aromatic carbocycles. The van der Waals surface area contributed by atoms with Crippen LogP contribution in [0.2, 0.25) is 0 Å². The predicted octanol–water partition coefficient (Wildman–Crippen LogP) is 1.29. The van der Waals surface area contributed by atoms with Crippen molar-refractivity contribution in [3.63, 3.8) is 0 Å². The van der Waals surface area contributed by atoms with Crippen LogP contribution in [0.5, 0.6) is 0 Å². The van der Waals surface area contributed by atoms with Crippen LogP contribution in [0.15, 0.2) is 0 Å². The lowest BCUT2D eigenvalue weighted by molar-refractivity contribution is -0.124. The number of amides is 1. The number of carbonyl (C=O) groups excluding carboxylic acids is 1. The van der Waals surface area contributed by atoms with Gasteiger partial charge in [-0.1, -0.05) is 19.3 Å². The largest absolute Gasteiger partial charge is 0.356 e. The predicted molar refractivity (Wildman–Crippen MR) is 60.6 cm³/mol. The summed E-state index contributed by atoms with van der Waals surface area (Å²) in [6.07, 6.45) is 7.72. The lowest BCUT2D eigenvalue weighted by atomic mass is 9.89. The van der Waals surface area contributed by atoms with Crippen LogP contribution in [0.1, 0.15) is 38.5 Å². The van der Waals surface area contributed by atoms with E-state index in [-0.39, 0.29) is 11.8 Å². The molecule has 2 rings (SSSR count). The Kier molecular flexibility index (Phi) is 4.01. The van der Waals surface area contributed by atoms with E-state index in [0.29, 0.717) is 0 Å². The molecule has 2 N–H and O–H groups in total. The lowest BCUT2D eigenvalue weighted by Gasteiger charge is -2.22. The third kappa shape index (κ3) is 3.20. The van der Waals surface area contributed by atoms with E-state index in [1.54, 1.807) is 0 Å². The van der Waals surface area contributed by atoms with Gasteiger partial charge in [-0.2, -0.15) is 0 Å². The van der Waals surface area contributed by atoms with Gasteiger partial charge < -0.3 is 10.6 Å². The number of carbonyl (C=O) groups is 1. The van der Waals surface area contributed by atoms with E-state index in [2.05, 4.69) is 10.6 Å². The van der Waals surface area contributed by atoms with Gasteiger partial charge >= 0.3 is 0 Å². The highest BCUT2D eigenvalue weighted by molar-refractivity contribution is 5.79. The summed E-state index contributed by atoms with van der Waals surface area (Å²) < 4.78 is 0. The van der Waals surface area contributed by atoms with Crippen LogP contribution < -0.4 is 10.6 Å². The zero-order valence-corrected chi connectivity index (χ0v) is 9.43. The second-order valence-electron chi connectivity index (χ2n) is 4.94. The molecule has 3 nitrogen and oxygen atoms in total. The van der Waals surface area contributed by atoms with E-state index in [0.717, 1.165) is 32.0 Å². The van der Waals surface area contributed by atoms with Crippen molar-refractivity contribution in [1.29, 1.82) is 0 Å². The average Bonchev–Trinajstić information content (AvgIpc) is 2.81. The van der Waals surface area contributed by atoms with Gasteiger partial charge in [0.25, 0.3) is 0 Å². The molecule has 1 aliphatic carbocycles. The van der Waals surface area contributed by atoms with Gasteiger partial charge in [0.15, 0.2) is 0 Å². The summed E-state index contributed by atoms with van der Waals surface area (Å²) in [5.41, 5.74) is 0. The first-order valence-corrected chi connectivity index (χ1v) is 6.34. The highest BCUT2D eigenvalue weighted by Crippen LogP contribution is 2.22. The molecule has 0 spiro atoms. The summed E-state index contributed by atoms with van der Waals surface area (Å²) in [7, 11) is 0. The molecule has 1 aliphatic heterocycles. The van der Waals surface area contributed by atoms with Crippen LogP contribution in [-0.2, 0) is 4.79 Å². The molecule has 3 heteroatoms. The molecule has 0 aromatic heterocycles. The van der Waals surface area contributed by atoms with E-state index in [4.69, 9.17) is 0 Å². The summed E-state index contributed by atoms with van der Waals surface area (Å²) in [4.78, 5) is 11.7. The smallest absolute Gasteiger partial charge is 0.224 e. The fourth-order valence-electron chi connectivity index (χ4n) is 2.66. The highest BCUT2D eigenvalue weighted by atomic mass is 16.1. The zero-order chi connectivity index (χ0) is 10.5. The minimum Gasteiger partial charge on any atom is -0.356 e. The molecule has 0 unspecified atom stereocenters. The molecule has 86 valence electrons. The van der Waals surface area contributed by atoms with Crippen molar-refractivity contribution in [1.82, 2.24) is 10.6 Å². The molecule has 15 heavy (non-hydrogen) atoms. The van der Waals surface area contributed by atoms with Gasteiger partial charge in [0, 0.05) is 13.1 Å². The monoisotopic (exact) mass is 210 g/mol. The zero-order valence-electron chi connectivity index (χ0n) is 9.43. The summed E-state index contributed by atoms with van der Waals surface area (Å²) in [5.74, 6) is 1.25. The first kappa shape index (κ1) is 10.9. The molecule has 0 radical (unpaired) electrons. The Morgan fingerprint density at radius 2 is 2.00 bits per heavy atom. The van der Waals surface area contributed by atoms with Gasteiger partial charge in [0.1, 0.15) is 0 Å². The molecule has 0 bridgehead atoms. The van der Waals surface area contributed by atoms with Crippen LogP contribution in [-0.4, -0.2) is 25.5 Å². The molecule has 1 saturated carbocycles. The molecule has 1 atom stereocenters. The van der Waals surface area contributed by atoms with E-state index >= 15 is 0 Å². The summed E-state index contributed by atoms with van der Waals surface area (Å²) >= 11 is 0. The molecule has 2 fully saturated rings. The summed E-state index contributed by atoms with van der Waals surface area (Å²) in [6.45, 7) is 2.79. The average molecular weight is 210 g/mol. The van der Waals surface area contributed by atoms with Gasteiger partial charge in [0.2, 0.25) is 5.91 Å². The second-order valence-corrected chi connectivity index (χ2v) is 4.94. The molecular weight excluding hydrogens is 188 g/mol. The maximum absolute atomic E-state index is 11.7. The van der Waals surface area contributed by atoms with Crippen molar-refractivity contribution in [3.05, 3.63) is 0 Å². The number of hydrogen-bond donors (Lipinski definition) is 2. The Balaban J connectivity index is 1.65. The second kappa shape index (κ2) is 5.50. The number of rotatable bonds is 3. The molecular formula is C12H22N2O. The first-order valence-electron chi connectivity index (χ1n) is 6.34. The quantitative estimate of drug-likeness (QED) is 0.737. The third-order valence-electron chi connectivity index (χ3n) is 3.72. The van der Waals surface area contributed by atoms with Gasteiger partial charge in [-0.25, -0.2) is 0 Å². The normalized spacial score (nSPS) is 27.9. The van der Waals surface area contributed by atoms with Crippen molar-refractivity contribution in [3.8, 4) is 0 Å². The van der Waals surface area contributed by atoms with Crippen LogP contribution in [0.25, 0.3) is 0 Å². The first-order chi connectivity index (χ1) is 7.36. The Morgan fingerprint density at radius 1 is 1.20 bits per heavy atom. The Hall–Kier alpha value is -0.570. The van der Waals surface area contributed by atoms with Gasteiger partial charge in [0.05, 0.1) is 5.92 Å². The highest BCUT2D eigenvalue weighted by Gasteiger charge is 2.23. The van der Waals surface area contributed by atoms with Gasteiger partial charge in [-0.3, -0.25) is 4.79 Å². The molecule has 0 aromatic rings. The topological polar surface area (TPSA) is 41.1 Å². The lowest BCUT2D eigenvalue weighted by Crippen LogP contribution is -2.35. The Labute approximate surface area is 92.0 Å². The minimum absolute atomic E-state index is 0.230. The van der Waals surface area contributed by atoms with Crippen molar-refractivity contribution in [2.75, 3.05) is 19.6 Å². The van der Waals surface area contributed by atoms with E-state index < -0.39 is 0 Å². The van der Waals surface area contributed by atoms with Crippen LogP contribution in [0.3, 0.4) is 0 Å². The summed E-state index contributed by atoms with van der Waals surface area (Å²) in [5, 5.41) is 6.35. The molecule has 2 aliphatic rings.